The molecule has 0 fully saturated rings. The van der Waals surface area contributed by atoms with Crippen molar-refractivity contribution in [2.45, 2.75) is 271 Å². The van der Waals surface area contributed by atoms with Crippen molar-refractivity contribution < 1.29 is 28.6 Å². The molecule has 0 saturated heterocycles. The van der Waals surface area contributed by atoms with Gasteiger partial charge in [-0.1, -0.05) is 246 Å². The van der Waals surface area contributed by atoms with Gasteiger partial charge in [0.05, 0.1) is 0 Å². The average Bonchev–Trinajstić information content (AvgIpc) is 3.37. The number of unbranched alkanes of at least 4 members (excludes halogenated alkanes) is 23. The summed E-state index contributed by atoms with van der Waals surface area (Å²) in [6.07, 6.45) is 79.4. The third kappa shape index (κ3) is 56.9. The molecule has 404 valence electrons. The molecule has 0 aliphatic rings. The molecule has 6 nitrogen and oxygen atoms in total. The summed E-state index contributed by atoms with van der Waals surface area (Å²) in [5, 5.41) is 0. The van der Waals surface area contributed by atoms with Gasteiger partial charge in [0.25, 0.3) is 0 Å². The largest absolute Gasteiger partial charge is 0.462 e. The zero-order valence-electron chi connectivity index (χ0n) is 46.2. The first-order chi connectivity index (χ1) is 35.0. The molecule has 0 N–H and O–H groups in total. The van der Waals surface area contributed by atoms with Gasteiger partial charge < -0.3 is 14.2 Å². The summed E-state index contributed by atoms with van der Waals surface area (Å²) < 4.78 is 16.8. The summed E-state index contributed by atoms with van der Waals surface area (Å²) in [4.78, 5) is 38.1. The predicted octanol–water partition coefficient (Wildman–Crippen LogP) is 19.9. The molecular formula is C65H108O6. The second-order valence-electron chi connectivity index (χ2n) is 19.2. The molecule has 0 heterocycles. The van der Waals surface area contributed by atoms with Gasteiger partial charge in [-0.05, 0) is 109 Å². The maximum Gasteiger partial charge on any atom is 0.306 e. The van der Waals surface area contributed by atoms with Crippen LogP contribution in [0.15, 0.2) is 109 Å². The third-order valence-corrected chi connectivity index (χ3v) is 12.3. The Morgan fingerprint density at radius 3 is 0.887 bits per heavy atom. The Balaban J connectivity index is 4.32. The summed E-state index contributed by atoms with van der Waals surface area (Å²) in [5.74, 6) is -0.923. The molecule has 0 aromatic heterocycles. The van der Waals surface area contributed by atoms with Gasteiger partial charge in [0.2, 0.25) is 0 Å². The minimum atomic E-state index is -0.792. The molecule has 1 unspecified atom stereocenters. The van der Waals surface area contributed by atoms with E-state index in [2.05, 4.69) is 130 Å². The Hall–Kier alpha value is -3.93. The van der Waals surface area contributed by atoms with Crippen LogP contribution >= 0.6 is 0 Å². The van der Waals surface area contributed by atoms with Gasteiger partial charge in [0.1, 0.15) is 13.2 Å². The monoisotopic (exact) mass is 985 g/mol. The lowest BCUT2D eigenvalue weighted by Crippen LogP contribution is -2.30. The number of hydrogen-bond acceptors (Lipinski definition) is 6. The highest BCUT2D eigenvalue weighted by Gasteiger charge is 2.19. The van der Waals surface area contributed by atoms with E-state index in [0.717, 1.165) is 135 Å². The van der Waals surface area contributed by atoms with Crippen molar-refractivity contribution in [3.05, 3.63) is 109 Å². The van der Waals surface area contributed by atoms with E-state index in [-0.39, 0.29) is 31.1 Å². The van der Waals surface area contributed by atoms with E-state index in [1.54, 1.807) is 0 Å². The number of carbonyl (C=O) groups is 3. The molecule has 0 spiro atoms. The quantitative estimate of drug-likeness (QED) is 0.0261. The topological polar surface area (TPSA) is 78.9 Å². The zero-order valence-corrected chi connectivity index (χ0v) is 46.2. The maximum absolute atomic E-state index is 12.8. The maximum atomic E-state index is 12.8. The molecule has 1 atom stereocenters. The average molecular weight is 986 g/mol. The van der Waals surface area contributed by atoms with Gasteiger partial charge in [-0.2, -0.15) is 0 Å². The lowest BCUT2D eigenvalue weighted by atomic mass is 10.1. The Labute approximate surface area is 438 Å². The van der Waals surface area contributed by atoms with E-state index in [9.17, 15) is 14.4 Å². The highest BCUT2D eigenvalue weighted by Crippen LogP contribution is 2.14. The Kier molecular flexibility index (Phi) is 55.4. The Morgan fingerprint density at radius 1 is 0.296 bits per heavy atom. The molecule has 0 aromatic rings. The smallest absolute Gasteiger partial charge is 0.306 e. The van der Waals surface area contributed by atoms with Gasteiger partial charge in [0.15, 0.2) is 6.10 Å². The van der Waals surface area contributed by atoms with Gasteiger partial charge in [0, 0.05) is 19.3 Å². The molecule has 0 aliphatic heterocycles. The highest BCUT2D eigenvalue weighted by molar-refractivity contribution is 5.71. The van der Waals surface area contributed by atoms with Crippen molar-refractivity contribution >= 4 is 17.9 Å². The van der Waals surface area contributed by atoms with Crippen molar-refractivity contribution in [2.75, 3.05) is 13.2 Å². The first-order valence-electron chi connectivity index (χ1n) is 29.4. The predicted molar refractivity (Wildman–Crippen MR) is 307 cm³/mol. The standard InChI is InChI=1S/C65H108O6/c1-4-7-10-13-16-19-22-24-25-26-27-28-29-30-31-32-33-34-35-36-37-38-39-41-43-46-49-52-55-58-64(67)70-61-62(60-69-63(66)57-54-51-48-45-42-21-18-15-12-9-6-3)71-65(68)59-56-53-50-47-44-40-23-20-17-14-11-8-5-2/h7,10,16,19-20,23-25,27-28,30-31,33-34,36-37,39,41,62H,4-6,8-9,11-15,17-18,21-22,26,29,32,35,38,40,42-61H2,1-3H3/b10-7-,19-16-,23-20-,25-24-,28-27-,31-30-,34-33-,37-36-,41-39-. The molecule has 0 bridgehead atoms. The summed E-state index contributed by atoms with van der Waals surface area (Å²) in [7, 11) is 0. The first kappa shape index (κ1) is 67.1. The first-order valence-corrected chi connectivity index (χ1v) is 29.4. The van der Waals surface area contributed by atoms with Gasteiger partial charge >= 0.3 is 17.9 Å². The molecule has 0 amide bonds. The summed E-state index contributed by atoms with van der Waals surface area (Å²) in [5.41, 5.74) is 0. The van der Waals surface area contributed by atoms with Crippen LogP contribution in [0.3, 0.4) is 0 Å². The van der Waals surface area contributed by atoms with E-state index in [4.69, 9.17) is 14.2 Å². The fourth-order valence-corrected chi connectivity index (χ4v) is 7.86. The van der Waals surface area contributed by atoms with E-state index in [1.807, 2.05) is 0 Å². The molecule has 6 heteroatoms. The fourth-order valence-electron chi connectivity index (χ4n) is 7.86. The number of ether oxygens (including phenoxy) is 3. The second kappa shape index (κ2) is 58.6. The van der Waals surface area contributed by atoms with Crippen LogP contribution < -0.4 is 0 Å². The summed E-state index contributed by atoms with van der Waals surface area (Å²) >= 11 is 0. The number of carbonyl (C=O) groups excluding carboxylic acids is 3. The van der Waals surface area contributed by atoms with E-state index < -0.39 is 6.10 Å². The lowest BCUT2D eigenvalue weighted by molar-refractivity contribution is -0.167. The SMILES string of the molecule is CC/C=C\C/C=C\C/C=C\C/C=C\C/C=C\C/C=C\C/C=C\C/C=C\CCCCCCC(=O)OCC(COC(=O)CCCCCCCCCCCCC)OC(=O)CCCCCCC/C=C\CCCCCC. The van der Waals surface area contributed by atoms with Crippen molar-refractivity contribution in [1.82, 2.24) is 0 Å². The van der Waals surface area contributed by atoms with Gasteiger partial charge in [-0.25, -0.2) is 0 Å². The van der Waals surface area contributed by atoms with Crippen LogP contribution in [0, 0.1) is 0 Å². The van der Waals surface area contributed by atoms with Crippen LogP contribution in [0.1, 0.15) is 265 Å². The van der Waals surface area contributed by atoms with Crippen LogP contribution in [0.4, 0.5) is 0 Å². The third-order valence-electron chi connectivity index (χ3n) is 12.3. The Bertz CT molecular complexity index is 1460. The van der Waals surface area contributed by atoms with Gasteiger partial charge in [-0.3, -0.25) is 14.4 Å². The second-order valence-corrected chi connectivity index (χ2v) is 19.2. The minimum absolute atomic E-state index is 0.0885. The molecule has 0 aromatic carbocycles. The minimum Gasteiger partial charge on any atom is -0.462 e. The molecule has 71 heavy (non-hydrogen) atoms. The normalized spacial score (nSPS) is 12.9. The molecule has 0 radical (unpaired) electrons. The summed E-state index contributed by atoms with van der Waals surface area (Å²) in [6.45, 7) is 6.47. The van der Waals surface area contributed by atoms with E-state index in [0.29, 0.717) is 19.3 Å². The fraction of sp³-hybridized carbons (Fsp3) is 0.677. The number of rotatable bonds is 52. The highest BCUT2D eigenvalue weighted by atomic mass is 16.6. The Morgan fingerprint density at radius 2 is 0.549 bits per heavy atom. The van der Waals surface area contributed by atoms with Crippen LogP contribution in [-0.2, 0) is 28.6 Å². The molecule has 0 saturated carbocycles. The molecular weight excluding hydrogens is 877 g/mol. The van der Waals surface area contributed by atoms with Crippen molar-refractivity contribution in [3.8, 4) is 0 Å². The molecule has 0 rings (SSSR count). The van der Waals surface area contributed by atoms with E-state index >= 15 is 0 Å². The van der Waals surface area contributed by atoms with Crippen LogP contribution in [0.2, 0.25) is 0 Å². The summed E-state index contributed by atoms with van der Waals surface area (Å²) in [6, 6.07) is 0. The van der Waals surface area contributed by atoms with Crippen molar-refractivity contribution in [2.24, 2.45) is 0 Å². The number of esters is 3. The number of hydrogen-bond donors (Lipinski definition) is 0. The van der Waals surface area contributed by atoms with Crippen molar-refractivity contribution in [1.29, 1.82) is 0 Å². The molecule has 0 aliphatic carbocycles. The van der Waals surface area contributed by atoms with Crippen molar-refractivity contribution in [3.63, 3.8) is 0 Å². The lowest BCUT2D eigenvalue weighted by Gasteiger charge is -2.18. The number of allylic oxidation sites excluding steroid dienone is 18. The van der Waals surface area contributed by atoms with Crippen LogP contribution in [0.5, 0.6) is 0 Å². The van der Waals surface area contributed by atoms with Crippen LogP contribution in [0.25, 0.3) is 0 Å². The van der Waals surface area contributed by atoms with Crippen LogP contribution in [-0.4, -0.2) is 37.2 Å². The van der Waals surface area contributed by atoms with E-state index in [1.165, 1.54) is 89.9 Å². The van der Waals surface area contributed by atoms with Gasteiger partial charge in [-0.15, -0.1) is 0 Å². The zero-order chi connectivity index (χ0) is 51.4.